The molecule has 1 heterocycles. The highest BCUT2D eigenvalue weighted by Crippen LogP contribution is 2.15. The van der Waals surface area contributed by atoms with Gasteiger partial charge in [0, 0.05) is 24.4 Å². The summed E-state index contributed by atoms with van der Waals surface area (Å²) in [4.78, 5) is 4.22. The van der Waals surface area contributed by atoms with Gasteiger partial charge in [-0.1, -0.05) is 30.0 Å². The van der Waals surface area contributed by atoms with Crippen LogP contribution in [0.15, 0.2) is 67.0 Å². The van der Waals surface area contributed by atoms with Crippen molar-refractivity contribution < 1.29 is 5.11 Å². The Morgan fingerprint density at radius 3 is 2.56 bits per heavy atom. The highest BCUT2D eigenvalue weighted by atomic mass is 16.3. The lowest BCUT2D eigenvalue weighted by molar-refractivity contribution is 0.475. The summed E-state index contributed by atoms with van der Waals surface area (Å²) in [6, 6.07) is 18.6. The van der Waals surface area contributed by atoms with Gasteiger partial charge in [-0.15, -0.1) is 0 Å². The van der Waals surface area contributed by atoms with E-state index in [0.717, 1.165) is 28.7 Å². The average Bonchev–Trinajstić information content (AvgIpc) is 2.64. The lowest BCUT2D eigenvalue weighted by Crippen LogP contribution is -1.96. The number of phenols is 1. The number of nitrogens with zero attached hydrogens (tertiary/aromatic N) is 2. The van der Waals surface area contributed by atoms with Crippen molar-refractivity contribution in [3.05, 3.63) is 94.8 Å². The maximum absolute atomic E-state index is 9.48. The van der Waals surface area contributed by atoms with E-state index < -0.39 is 0 Å². The number of nitriles is 1. The first-order chi connectivity index (χ1) is 12.2. The van der Waals surface area contributed by atoms with Crippen molar-refractivity contribution in [1.82, 2.24) is 4.98 Å². The number of phenolic OH excluding ortho intramolecular Hbond substituents is 1. The maximum atomic E-state index is 9.48. The van der Waals surface area contributed by atoms with Crippen molar-refractivity contribution in [3.8, 4) is 23.7 Å². The molecule has 0 amide bonds. The van der Waals surface area contributed by atoms with Crippen LogP contribution in [-0.2, 0) is 12.8 Å². The van der Waals surface area contributed by atoms with Gasteiger partial charge >= 0.3 is 0 Å². The number of aromatic hydroxyl groups is 1. The molecule has 0 aliphatic rings. The summed E-state index contributed by atoms with van der Waals surface area (Å²) in [5.41, 5.74) is 4.84. The van der Waals surface area contributed by atoms with Crippen molar-refractivity contribution in [2.45, 2.75) is 12.8 Å². The summed E-state index contributed by atoms with van der Waals surface area (Å²) in [5.74, 6) is 6.45. The third-order valence-corrected chi connectivity index (χ3v) is 3.84. The molecule has 0 unspecified atom stereocenters. The number of rotatable bonds is 3. The van der Waals surface area contributed by atoms with Crippen LogP contribution in [0, 0.1) is 23.2 Å². The zero-order chi connectivity index (χ0) is 17.5. The molecule has 0 radical (unpaired) electrons. The molecule has 3 nitrogen and oxygen atoms in total. The van der Waals surface area contributed by atoms with E-state index in [9.17, 15) is 5.11 Å². The normalized spacial score (nSPS) is 9.72. The van der Waals surface area contributed by atoms with Crippen LogP contribution in [-0.4, -0.2) is 10.1 Å². The average molecular weight is 324 g/mol. The van der Waals surface area contributed by atoms with Gasteiger partial charge in [-0.05, 0) is 59.5 Å². The second-order valence-electron chi connectivity index (χ2n) is 5.66. The molecular formula is C22H16N2O. The molecule has 3 heteroatoms. The van der Waals surface area contributed by atoms with Gasteiger partial charge in [-0.2, -0.15) is 5.26 Å². The van der Waals surface area contributed by atoms with E-state index >= 15 is 0 Å². The highest BCUT2D eigenvalue weighted by molar-refractivity contribution is 5.41. The molecule has 0 spiro atoms. The van der Waals surface area contributed by atoms with Crippen LogP contribution < -0.4 is 0 Å². The van der Waals surface area contributed by atoms with Crippen LogP contribution in [0.4, 0.5) is 0 Å². The second kappa shape index (κ2) is 7.81. The van der Waals surface area contributed by atoms with Crippen molar-refractivity contribution in [3.63, 3.8) is 0 Å². The van der Waals surface area contributed by atoms with E-state index in [4.69, 9.17) is 5.26 Å². The second-order valence-corrected chi connectivity index (χ2v) is 5.66. The molecule has 0 fully saturated rings. The molecule has 1 N–H and O–H groups in total. The Morgan fingerprint density at radius 2 is 1.80 bits per heavy atom. The Morgan fingerprint density at radius 1 is 0.960 bits per heavy atom. The van der Waals surface area contributed by atoms with E-state index in [-0.39, 0.29) is 5.75 Å². The maximum Gasteiger partial charge on any atom is 0.116 e. The smallest absolute Gasteiger partial charge is 0.116 e. The van der Waals surface area contributed by atoms with Gasteiger partial charge in [0.2, 0.25) is 0 Å². The molecule has 25 heavy (non-hydrogen) atoms. The van der Waals surface area contributed by atoms with Crippen LogP contribution in [0.25, 0.3) is 0 Å². The fraction of sp³-hybridized carbons (Fsp3) is 0.0909. The Bertz CT molecular complexity index is 973. The molecule has 3 rings (SSSR count). The largest absolute Gasteiger partial charge is 0.508 e. The summed E-state index contributed by atoms with van der Waals surface area (Å²) in [6.45, 7) is 0. The number of pyridine rings is 1. The molecule has 3 aromatic rings. The van der Waals surface area contributed by atoms with E-state index in [2.05, 4.69) is 22.9 Å². The van der Waals surface area contributed by atoms with Gasteiger partial charge in [-0.3, -0.25) is 4.98 Å². The van der Waals surface area contributed by atoms with Gasteiger partial charge in [0.05, 0.1) is 11.6 Å². The first kappa shape index (κ1) is 16.3. The van der Waals surface area contributed by atoms with Crippen LogP contribution in [0.5, 0.6) is 5.75 Å². The van der Waals surface area contributed by atoms with Gasteiger partial charge in [0.15, 0.2) is 0 Å². The third-order valence-electron chi connectivity index (χ3n) is 3.84. The fourth-order valence-electron chi connectivity index (χ4n) is 2.53. The summed E-state index contributed by atoms with van der Waals surface area (Å²) < 4.78 is 0. The summed E-state index contributed by atoms with van der Waals surface area (Å²) in [6.07, 6.45) is 5.00. The standard InChI is InChI=1S/C22H16N2O/c23-15-19-9-7-18(8-10-19)13-21-16-24-12-11-20(21)5-1-3-17-4-2-6-22(25)14-17/h2,4,6-12,14,16,25H,5,13H2. The van der Waals surface area contributed by atoms with Crippen molar-refractivity contribution >= 4 is 0 Å². The summed E-state index contributed by atoms with van der Waals surface area (Å²) >= 11 is 0. The Kier molecular flexibility index (Phi) is 5.10. The zero-order valence-electron chi connectivity index (χ0n) is 13.6. The van der Waals surface area contributed by atoms with Crippen molar-refractivity contribution in [2.24, 2.45) is 0 Å². The lowest BCUT2D eigenvalue weighted by Gasteiger charge is -2.06. The lowest BCUT2D eigenvalue weighted by atomic mass is 9.99. The SMILES string of the molecule is N#Cc1ccc(Cc2cnccc2CC#Cc2cccc(O)c2)cc1. The molecule has 120 valence electrons. The Labute approximate surface area is 147 Å². The summed E-state index contributed by atoms with van der Waals surface area (Å²) in [7, 11) is 0. The van der Waals surface area contributed by atoms with Crippen LogP contribution in [0.2, 0.25) is 0 Å². The molecular weight excluding hydrogens is 308 g/mol. The molecule has 0 aliphatic heterocycles. The minimum Gasteiger partial charge on any atom is -0.508 e. The van der Waals surface area contributed by atoms with Crippen molar-refractivity contribution in [2.75, 3.05) is 0 Å². The quantitative estimate of drug-likeness (QED) is 0.745. The van der Waals surface area contributed by atoms with Gasteiger partial charge in [0.25, 0.3) is 0 Å². The molecule has 1 aromatic heterocycles. The number of hydrogen-bond acceptors (Lipinski definition) is 3. The van der Waals surface area contributed by atoms with E-state index in [1.165, 1.54) is 0 Å². The monoisotopic (exact) mass is 324 g/mol. The number of aromatic nitrogens is 1. The fourth-order valence-corrected chi connectivity index (χ4v) is 2.53. The van der Waals surface area contributed by atoms with Crippen LogP contribution in [0.3, 0.4) is 0 Å². The molecule has 0 aliphatic carbocycles. The third kappa shape index (κ3) is 4.47. The predicted molar refractivity (Wildman–Crippen MR) is 96.9 cm³/mol. The Balaban J connectivity index is 1.76. The van der Waals surface area contributed by atoms with E-state index in [0.29, 0.717) is 12.0 Å². The van der Waals surface area contributed by atoms with Crippen LogP contribution in [0.1, 0.15) is 27.8 Å². The molecule has 0 bridgehead atoms. The van der Waals surface area contributed by atoms with E-state index in [1.54, 1.807) is 24.4 Å². The highest BCUT2D eigenvalue weighted by Gasteiger charge is 2.03. The molecule has 0 saturated heterocycles. The van der Waals surface area contributed by atoms with Crippen molar-refractivity contribution in [1.29, 1.82) is 5.26 Å². The van der Waals surface area contributed by atoms with Gasteiger partial charge in [0.1, 0.15) is 5.75 Å². The first-order valence-corrected chi connectivity index (χ1v) is 7.93. The minimum absolute atomic E-state index is 0.220. The molecule has 2 aromatic carbocycles. The minimum atomic E-state index is 0.220. The summed E-state index contributed by atoms with van der Waals surface area (Å²) in [5, 5.41) is 18.4. The number of benzene rings is 2. The molecule has 0 saturated carbocycles. The van der Waals surface area contributed by atoms with Gasteiger partial charge in [-0.25, -0.2) is 0 Å². The Hall–Kier alpha value is -3.56. The molecule has 0 atom stereocenters. The topological polar surface area (TPSA) is 56.9 Å². The number of hydrogen-bond donors (Lipinski definition) is 1. The predicted octanol–water partition coefficient (Wildman–Crippen LogP) is 3.84. The first-order valence-electron chi connectivity index (χ1n) is 7.93. The van der Waals surface area contributed by atoms with E-state index in [1.807, 2.05) is 42.6 Å². The zero-order valence-corrected chi connectivity index (χ0v) is 13.6. The van der Waals surface area contributed by atoms with Crippen LogP contribution >= 0.6 is 0 Å². The van der Waals surface area contributed by atoms with Gasteiger partial charge < -0.3 is 5.11 Å².